The van der Waals surface area contributed by atoms with Gasteiger partial charge in [0.2, 0.25) is 0 Å². The molecule has 0 fully saturated rings. The number of ether oxygens (including phenoxy) is 2. The number of carbonyl (C=O) groups is 1. The van der Waals surface area contributed by atoms with Crippen molar-refractivity contribution in [1.29, 1.82) is 0 Å². The number of hydrogen-bond donors (Lipinski definition) is 0. The molecule has 1 aromatic heterocycles. The average molecular weight is 455 g/mol. The van der Waals surface area contributed by atoms with Gasteiger partial charge in [-0.2, -0.15) is 9.97 Å². The van der Waals surface area contributed by atoms with Gasteiger partial charge in [0, 0.05) is 12.0 Å². The number of nitrogens with zero attached hydrogens (tertiary/aromatic N) is 2. The monoisotopic (exact) mass is 454 g/mol. The summed E-state index contributed by atoms with van der Waals surface area (Å²) in [5, 5.41) is 0. The first-order valence-electron chi connectivity index (χ1n) is 12.9. The van der Waals surface area contributed by atoms with Gasteiger partial charge in [-0.05, 0) is 18.8 Å². The zero-order valence-electron chi connectivity index (χ0n) is 20.9. The molecule has 0 radical (unpaired) electrons. The molecule has 182 valence electrons. The van der Waals surface area contributed by atoms with E-state index < -0.39 is 0 Å². The Hall–Kier alpha value is -2.43. The smallest absolute Gasteiger partial charge is 0.325 e. The van der Waals surface area contributed by atoms with Crippen LogP contribution in [0.4, 0.5) is 0 Å². The predicted molar refractivity (Wildman–Crippen MR) is 135 cm³/mol. The molecule has 0 saturated heterocycles. The summed E-state index contributed by atoms with van der Waals surface area (Å²) < 4.78 is 11.5. The fourth-order valence-electron chi connectivity index (χ4n) is 3.67. The second-order valence-corrected chi connectivity index (χ2v) is 8.93. The molecular formula is C28H42N2O3. The van der Waals surface area contributed by atoms with Gasteiger partial charge in [-0.25, -0.2) is 0 Å². The third-order valence-electron chi connectivity index (χ3n) is 6.02. The van der Waals surface area contributed by atoms with Crippen LogP contribution in [0.3, 0.4) is 0 Å². The van der Waals surface area contributed by atoms with Crippen LogP contribution in [0.2, 0.25) is 0 Å². The first kappa shape index (κ1) is 26.8. The lowest BCUT2D eigenvalue weighted by molar-refractivity contribution is -0.135. The van der Waals surface area contributed by atoms with Crippen LogP contribution < -0.4 is 9.47 Å². The Morgan fingerprint density at radius 3 is 2.39 bits per heavy atom. The van der Waals surface area contributed by atoms with Gasteiger partial charge in [0.05, 0.1) is 12.8 Å². The first-order valence-corrected chi connectivity index (χ1v) is 12.9. The molecule has 2 rings (SSSR count). The summed E-state index contributed by atoms with van der Waals surface area (Å²) in [6.07, 6.45) is 14.8. The third kappa shape index (κ3) is 10.8. The molecule has 0 saturated carbocycles. The average Bonchev–Trinajstić information content (AvgIpc) is 2.84. The van der Waals surface area contributed by atoms with E-state index >= 15 is 0 Å². The fraction of sp³-hybridized carbons (Fsp3) is 0.607. The molecule has 0 spiro atoms. The topological polar surface area (TPSA) is 61.3 Å². The van der Waals surface area contributed by atoms with E-state index in [0.29, 0.717) is 30.4 Å². The van der Waals surface area contributed by atoms with Crippen molar-refractivity contribution in [2.45, 2.75) is 97.8 Å². The van der Waals surface area contributed by atoms with Crippen LogP contribution in [-0.4, -0.2) is 22.5 Å². The van der Waals surface area contributed by atoms with Gasteiger partial charge in [0.1, 0.15) is 5.69 Å². The molecule has 0 aliphatic heterocycles. The summed E-state index contributed by atoms with van der Waals surface area (Å²) in [4.78, 5) is 21.0. The van der Waals surface area contributed by atoms with Crippen LogP contribution in [0.1, 0.15) is 97.8 Å². The Balaban J connectivity index is 1.90. The second-order valence-electron chi connectivity index (χ2n) is 8.93. The van der Waals surface area contributed by atoms with Crippen molar-refractivity contribution >= 4 is 5.97 Å². The summed E-state index contributed by atoms with van der Waals surface area (Å²) in [7, 11) is 0. The van der Waals surface area contributed by atoms with Crippen molar-refractivity contribution in [1.82, 2.24) is 9.97 Å². The number of rotatable bonds is 17. The van der Waals surface area contributed by atoms with Gasteiger partial charge in [0.15, 0.2) is 5.75 Å². The molecule has 33 heavy (non-hydrogen) atoms. The lowest BCUT2D eigenvalue weighted by Crippen LogP contribution is -2.11. The molecule has 0 aliphatic rings. The van der Waals surface area contributed by atoms with E-state index in [1.54, 1.807) is 6.20 Å². The van der Waals surface area contributed by atoms with E-state index in [-0.39, 0.29) is 12.0 Å². The maximum atomic E-state index is 12.3. The van der Waals surface area contributed by atoms with E-state index in [0.717, 1.165) is 37.7 Å². The molecule has 0 amide bonds. The van der Waals surface area contributed by atoms with Crippen molar-refractivity contribution in [2.24, 2.45) is 5.92 Å². The van der Waals surface area contributed by atoms with Crippen molar-refractivity contribution in [2.75, 3.05) is 6.61 Å². The molecule has 1 unspecified atom stereocenters. The van der Waals surface area contributed by atoms with Gasteiger partial charge in [-0.1, -0.05) is 109 Å². The highest BCUT2D eigenvalue weighted by atomic mass is 16.5. The molecule has 1 atom stereocenters. The van der Waals surface area contributed by atoms with Crippen molar-refractivity contribution in [3.05, 3.63) is 36.5 Å². The van der Waals surface area contributed by atoms with Crippen molar-refractivity contribution < 1.29 is 14.3 Å². The first-order chi connectivity index (χ1) is 16.1. The largest absolute Gasteiger partial charge is 0.490 e. The van der Waals surface area contributed by atoms with Crippen LogP contribution in [0.5, 0.6) is 11.8 Å². The van der Waals surface area contributed by atoms with Gasteiger partial charge in [0.25, 0.3) is 0 Å². The third-order valence-corrected chi connectivity index (χ3v) is 6.02. The van der Waals surface area contributed by atoms with Crippen molar-refractivity contribution in [3.63, 3.8) is 0 Å². The summed E-state index contributed by atoms with van der Waals surface area (Å²) in [5.74, 6) is 1.04. The minimum Gasteiger partial charge on any atom is -0.490 e. The van der Waals surface area contributed by atoms with Crippen LogP contribution in [0, 0.1) is 5.92 Å². The van der Waals surface area contributed by atoms with Gasteiger partial charge >= 0.3 is 12.0 Å². The maximum Gasteiger partial charge on any atom is 0.325 e. The Bertz CT molecular complexity index is 795. The normalized spacial score (nSPS) is 11.8. The molecule has 1 aromatic carbocycles. The lowest BCUT2D eigenvalue weighted by Gasteiger charge is -2.12. The van der Waals surface area contributed by atoms with E-state index in [1.165, 1.54) is 38.5 Å². The molecule has 0 aliphatic carbocycles. The molecule has 2 aromatic rings. The Morgan fingerprint density at radius 2 is 1.67 bits per heavy atom. The number of hydrogen-bond acceptors (Lipinski definition) is 5. The van der Waals surface area contributed by atoms with Gasteiger partial charge in [-0.15, -0.1) is 0 Å². The zero-order chi connectivity index (χ0) is 23.7. The Morgan fingerprint density at radius 1 is 0.939 bits per heavy atom. The number of aromatic nitrogens is 2. The SMILES string of the molecule is CCCCCCCCCOc1cnc(OC(=O)CCCCC(C)CC)nc1-c1ccccc1. The van der Waals surface area contributed by atoms with Crippen LogP contribution in [0.25, 0.3) is 11.3 Å². The molecule has 0 bridgehead atoms. The van der Waals surface area contributed by atoms with Crippen molar-refractivity contribution in [3.8, 4) is 23.0 Å². The molecule has 1 heterocycles. The summed E-state index contributed by atoms with van der Waals surface area (Å²) >= 11 is 0. The molecule has 5 nitrogen and oxygen atoms in total. The van der Waals surface area contributed by atoms with Gasteiger partial charge < -0.3 is 9.47 Å². The minimum atomic E-state index is -0.282. The van der Waals surface area contributed by atoms with E-state index in [1.807, 2.05) is 30.3 Å². The van der Waals surface area contributed by atoms with Crippen LogP contribution in [-0.2, 0) is 4.79 Å². The summed E-state index contributed by atoms with van der Waals surface area (Å²) in [6, 6.07) is 9.92. The van der Waals surface area contributed by atoms with E-state index in [4.69, 9.17) is 9.47 Å². The lowest BCUT2D eigenvalue weighted by atomic mass is 10.0. The number of carbonyl (C=O) groups excluding carboxylic acids is 1. The standard InChI is InChI=1S/C28H42N2O3/c1-4-6-7-8-9-10-16-21-32-25-22-29-28(30-27(25)24-18-12-11-13-19-24)33-26(31)20-15-14-17-23(3)5-2/h11-13,18-19,22-23H,4-10,14-17,20-21H2,1-3H3. The second kappa shape index (κ2) is 16.2. The fourth-order valence-corrected chi connectivity index (χ4v) is 3.67. The highest BCUT2D eigenvalue weighted by Crippen LogP contribution is 2.29. The maximum absolute atomic E-state index is 12.3. The quantitative estimate of drug-likeness (QED) is 0.180. The van der Waals surface area contributed by atoms with E-state index in [2.05, 4.69) is 30.7 Å². The summed E-state index contributed by atoms with van der Waals surface area (Å²) in [6.45, 7) is 7.31. The van der Waals surface area contributed by atoms with E-state index in [9.17, 15) is 4.79 Å². The minimum absolute atomic E-state index is 0.0871. The Labute approximate surface area is 200 Å². The highest BCUT2D eigenvalue weighted by molar-refractivity contribution is 5.72. The summed E-state index contributed by atoms with van der Waals surface area (Å²) in [5.41, 5.74) is 1.58. The van der Waals surface area contributed by atoms with Crippen LogP contribution >= 0.6 is 0 Å². The molecule has 5 heteroatoms. The number of benzene rings is 1. The van der Waals surface area contributed by atoms with Gasteiger partial charge in [-0.3, -0.25) is 4.79 Å². The zero-order valence-corrected chi connectivity index (χ0v) is 20.9. The number of esters is 1. The Kier molecular flexibility index (Phi) is 13.2. The molecular weight excluding hydrogens is 412 g/mol. The number of unbranched alkanes of at least 4 members (excludes halogenated alkanes) is 7. The predicted octanol–water partition coefficient (Wildman–Crippen LogP) is 7.78. The van der Waals surface area contributed by atoms with Crippen LogP contribution in [0.15, 0.2) is 36.5 Å². The molecule has 0 N–H and O–H groups in total. The highest BCUT2D eigenvalue weighted by Gasteiger charge is 2.14.